The largest absolute Gasteiger partial charge is 0.466 e. The molecular formula is C20H33NO2. The molecule has 23 heavy (non-hydrogen) atoms. The highest BCUT2D eigenvalue weighted by Gasteiger charge is 2.55. The van der Waals surface area contributed by atoms with Crippen LogP contribution in [0.4, 0.5) is 0 Å². The molecule has 2 aliphatic rings. The predicted molar refractivity (Wildman–Crippen MR) is 95.2 cm³/mol. The van der Waals surface area contributed by atoms with Crippen molar-refractivity contribution in [3.63, 3.8) is 0 Å². The molecule has 2 rings (SSSR count). The van der Waals surface area contributed by atoms with Crippen LogP contribution in [0.1, 0.15) is 61.3 Å². The van der Waals surface area contributed by atoms with Crippen molar-refractivity contribution in [3.05, 3.63) is 22.8 Å². The fraction of sp³-hybridized carbons (Fsp3) is 0.750. The van der Waals surface area contributed by atoms with E-state index in [1.54, 1.807) is 0 Å². The van der Waals surface area contributed by atoms with Crippen LogP contribution < -0.4 is 0 Å². The number of ether oxygens (including phenoxy) is 1. The van der Waals surface area contributed by atoms with Crippen LogP contribution in [0.3, 0.4) is 0 Å². The Morgan fingerprint density at radius 2 is 1.87 bits per heavy atom. The van der Waals surface area contributed by atoms with E-state index >= 15 is 0 Å². The molecule has 0 saturated carbocycles. The van der Waals surface area contributed by atoms with E-state index in [1.807, 2.05) is 6.92 Å². The summed E-state index contributed by atoms with van der Waals surface area (Å²) in [6, 6.07) is 0. The molecule has 3 heteroatoms. The van der Waals surface area contributed by atoms with Crippen molar-refractivity contribution in [1.82, 2.24) is 4.90 Å². The van der Waals surface area contributed by atoms with Crippen LogP contribution in [0.15, 0.2) is 22.8 Å². The summed E-state index contributed by atoms with van der Waals surface area (Å²) < 4.78 is 5.40. The molecule has 0 bridgehead atoms. The fourth-order valence-electron chi connectivity index (χ4n) is 4.82. The molecule has 3 nitrogen and oxygen atoms in total. The van der Waals surface area contributed by atoms with Gasteiger partial charge in [-0.3, -0.25) is 9.69 Å². The van der Waals surface area contributed by atoms with Gasteiger partial charge in [-0.2, -0.15) is 0 Å². The van der Waals surface area contributed by atoms with E-state index in [1.165, 1.54) is 16.7 Å². The Bertz CT molecular complexity index is 554. The molecule has 0 amide bonds. The van der Waals surface area contributed by atoms with Gasteiger partial charge in [-0.1, -0.05) is 13.0 Å². The quantitative estimate of drug-likeness (QED) is 0.725. The van der Waals surface area contributed by atoms with Crippen LogP contribution in [0.25, 0.3) is 0 Å². The predicted octanol–water partition coefficient (Wildman–Crippen LogP) is 4.34. The van der Waals surface area contributed by atoms with E-state index in [9.17, 15) is 4.79 Å². The van der Waals surface area contributed by atoms with Gasteiger partial charge in [-0.05, 0) is 84.1 Å². The summed E-state index contributed by atoms with van der Waals surface area (Å²) >= 11 is 0. The maximum atomic E-state index is 12.6. The van der Waals surface area contributed by atoms with E-state index in [2.05, 4.69) is 59.6 Å². The van der Waals surface area contributed by atoms with Gasteiger partial charge in [0.2, 0.25) is 0 Å². The highest BCUT2D eigenvalue weighted by molar-refractivity contribution is 5.76. The highest BCUT2D eigenvalue weighted by Crippen LogP contribution is 2.56. The second-order valence-corrected chi connectivity index (χ2v) is 7.86. The topological polar surface area (TPSA) is 29.5 Å². The summed E-state index contributed by atoms with van der Waals surface area (Å²) in [5.41, 5.74) is 4.18. The minimum absolute atomic E-state index is 0.00622. The summed E-state index contributed by atoms with van der Waals surface area (Å²) in [7, 11) is 2.21. The van der Waals surface area contributed by atoms with Gasteiger partial charge in [0, 0.05) is 11.1 Å². The Morgan fingerprint density at radius 3 is 2.35 bits per heavy atom. The third-order valence-corrected chi connectivity index (χ3v) is 6.21. The molecule has 0 fully saturated rings. The third-order valence-electron chi connectivity index (χ3n) is 6.21. The maximum absolute atomic E-state index is 12.6. The Morgan fingerprint density at radius 1 is 1.26 bits per heavy atom. The Labute approximate surface area is 141 Å². The first-order valence-electron chi connectivity index (χ1n) is 8.95. The zero-order valence-corrected chi connectivity index (χ0v) is 16.1. The van der Waals surface area contributed by atoms with Crippen LogP contribution in [-0.2, 0) is 9.53 Å². The monoisotopic (exact) mass is 319 g/mol. The summed E-state index contributed by atoms with van der Waals surface area (Å²) in [4.78, 5) is 15.0. The average molecular weight is 319 g/mol. The lowest BCUT2D eigenvalue weighted by molar-refractivity contribution is -0.149. The van der Waals surface area contributed by atoms with E-state index in [0.717, 1.165) is 12.8 Å². The smallest absolute Gasteiger partial charge is 0.309 e. The lowest BCUT2D eigenvalue weighted by Crippen LogP contribution is -2.48. The SMILES string of the molecule is C/C=C1/CC(C(=O)OCC)C(CC)C2=C1C(C)(C)N(C)C2(C)C. The van der Waals surface area contributed by atoms with Gasteiger partial charge in [0.1, 0.15) is 0 Å². The van der Waals surface area contributed by atoms with Gasteiger partial charge < -0.3 is 4.74 Å². The van der Waals surface area contributed by atoms with Gasteiger partial charge in [0.25, 0.3) is 0 Å². The number of likely N-dealkylation sites (N-methyl/N-ethyl adjacent to an activating group) is 1. The number of carbonyl (C=O) groups is 1. The van der Waals surface area contributed by atoms with Crippen LogP contribution in [-0.4, -0.2) is 35.6 Å². The first-order valence-corrected chi connectivity index (χ1v) is 8.95. The lowest BCUT2D eigenvalue weighted by atomic mass is 9.66. The molecule has 1 aliphatic heterocycles. The highest BCUT2D eigenvalue weighted by atomic mass is 16.5. The molecule has 0 N–H and O–H groups in total. The molecule has 2 atom stereocenters. The maximum Gasteiger partial charge on any atom is 0.309 e. The number of nitrogens with zero attached hydrogens (tertiary/aromatic N) is 1. The number of hydrogen-bond donors (Lipinski definition) is 0. The van der Waals surface area contributed by atoms with Crippen molar-refractivity contribution in [2.75, 3.05) is 13.7 Å². The molecule has 1 aliphatic carbocycles. The van der Waals surface area contributed by atoms with Gasteiger partial charge in [-0.15, -0.1) is 0 Å². The Kier molecular flexibility index (Phi) is 4.83. The zero-order valence-electron chi connectivity index (χ0n) is 16.1. The van der Waals surface area contributed by atoms with Crippen LogP contribution >= 0.6 is 0 Å². The molecule has 2 unspecified atom stereocenters. The normalized spacial score (nSPS) is 31.4. The number of rotatable bonds is 3. The van der Waals surface area contributed by atoms with E-state index < -0.39 is 0 Å². The molecule has 0 spiro atoms. The molecule has 0 aromatic rings. The summed E-state index contributed by atoms with van der Waals surface area (Å²) in [6.07, 6.45) is 3.98. The van der Waals surface area contributed by atoms with Crippen molar-refractivity contribution in [3.8, 4) is 0 Å². The Balaban J connectivity index is 2.64. The van der Waals surface area contributed by atoms with Gasteiger partial charge >= 0.3 is 5.97 Å². The van der Waals surface area contributed by atoms with Crippen molar-refractivity contribution in [1.29, 1.82) is 0 Å². The molecule has 0 radical (unpaired) electrons. The summed E-state index contributed by atoms with van der Waals surface area (Å²) in [5.74, 6) is 0.187. The van der Waals surface area contributed by atoms with Gasteiger partial charge in [0.05, 0.1) is 12.5 Å². The minimum atomic E-state index is -0.0496. The average Bonchev–Trinajstić information content (AvgIpc) is 2.64. The lowest BCUT2D eigenvalue weighted by Gasteiger charge is -2.40. The fourth-order valence-corrected chi connectivity index (χ4v) is 4.82. The zero-order chi connectivity index (χ0) is 17.6. The molecule has 0 saturated heterocycles. The van der Waals surface area contributed by atoms with Crippen LogP contribution in [0, 0.1) is 11.8 Å². The van der Waals surface area contributed by atoms with Crippen molar-refractivity contribution < 1.29 is 9.53 Å². The van der Waals surface area contributed by atoms with Crippen LogP contribution in [0.5, 0.6) is 0 Å². The van der Waals surface area contributed by atoms with Gasteiger partial charge in [-0.25, -0.2) is 0 Å². The van der Waals surface area contributed by atoms with E-state index in [0.29, 0.717) is 6.61 Å². The van der Waals surface area contributed by atoms with Crippen molar-refractivity contribution in [2.24, 2.45) is 11.8 Å². The third kappa shape index (κ3) is 2.57. The van der Waals surface area contributed by atoms with Crippen molar-refractivity contribution >= 4 is 5.97 Å². The standard InChI is InChI=1S/C20H33NO2/c1-9-13-12-15(18(22)23-11-3)14(10-2)17-16(13)19(4,5)21(8)20(17,6)7/h9,14-15H,10-12H2,1-8H3/b13-9-. The number of allylic oxidation sites excluding steroid dienone is 1. The molecule has 0 aromatic heterocycles. The first-order chi connectivity index (χ1) is 10.6. The molecule has 130 valence electrons. The number of esters is 1. The summed E-state index contributed by atoms with van der Waals surface area (Å²) in [6.45, 7) is 15.8. The van der Waals surface area contributed by atoms with Gasteiger partial charge in [0.15, 0.2) is 0 Å². The van der Waals surface area contributed by atoms with Crippen molar-refractivity contribution in [2.45, 2.75) is 72.4 Å². The van der Waals surface area contributed by atoms with E-state index in [-0.39, 0.29) is 28.9 Å². The molecule has 0 aromatic carbocycles. The Hall–Kier alpha value is -1.09. The second-order valence-electron chi connectivity index (χ2n) is 7.86. The number of hydrogen-bond acceptors (Lipinski definition) is 3. The number of carbonyl (C=O) groups excluding carboxylic acids is 1. The molecule has 1 heterocycles. The van der Waals surface area contributed by atoms with E-state index in [4.69, 9.17) is 4.74 Å². The summed E-state index contributed by atoms with van der Waals surface area (Å²) in [5, 5.41) is 0. The minimum Gasteiger partial charge on any atom is -0.466 e. The first kappa shape index (κ1) is 18.3. The molecular weight excluding hydrogens is 286 g/mol. The second kappa shape index (κ2) is 6.08. The van der Waals surface area contributed by atoms with Crippen LogP contribution in [0.2, 0.25) is 0 Å².